The van der Waals surface area contributed by atoms with E-state index in [2.05, 4.69) is 21.9 Å². The second-order valence-corrected chi connectivity index (χ2v) is 8.06. The zero-order valence-corrected chi connectivity index (χ0v) is 18.6. The van der Waals surface area contributed by atoms with Crippen molar-refractivity contribution in [3.63, 3.8) is 0 Å². The van der Waals surface area contributed by atoms with Crippen molar-refractivity contribution in [1.29, 1.82) is 0 Å². The topological polar surface area (TPSA) is 99.0 Å². The smallest absolute Gasteiger partial charge is 0.293 e. The normalized spacial score (nSPS) is 14.6. The van der Waals surface area contributed by atoms with E-state index in [9.17, 15) is 19.7 Å². The summed E-state index contributed by atoms with van der Waals surface area (Å²) >= 11 is 4.21. The molecule has 1 heterocycles. The Bertz CT molecular complexity index is 1140. The molecule has 1 aliphatic heterocycles. The second kappa shape index (κ2) is 9.68. The standard InChI is InChI=1S/C21H15BrN2O6S/c1-3-7-30-18-11-16(22)14(9-17(18)29-2)10-19-20(25)23(21(26)31-19)12-13-5-4-6-15(8-13)24(27)28/h1,4-6,8-11H,7,12H2,2H3/b19-10+. The fourth-order valence-corrected chi connectivity index (χ4v) is 4.05. The van der Waals surface area contributed by atoms with Gasteiger partial charge in [-0.05, 0) is 41.1 Å². The number of nitro benzene ring substituents is 1. The third kappa shape index (κ3) is 5.07. The number of thioether (sulfide) groups is 1. The number of benzene rings is 2. The molecule has 0 aliphatic carbocycles. The summed E-state index contributed by atoms with van der Waals surface area (Å²) in [4.78, 5) is 36.9. The Balaban J connectivity index is 1.86. The molecule has 0 radical (unpaired) electrons. The number of methoxy groups -OCH3 is 1. The number of nitrogens with zero attached hydrogens (tertiary/aromatic N) is 2. The van der Waals surface area contributed by atoms with Crippen molar-refractivity contribution < 1.29 is 24.0 Å². The molecule has 2 amide bonds. The van der Waals surface area contributed by atoms with E-state index in [4.69, 9.17) is 15.9 Å². The minimum Gasteiger partial charge on any atom is -0.493 e. The number of hydrogen-bond donors (Lipinski definition) is 0. The maximum absolute atomic E-state index is 12.8. The van der Waals surface area contributed by atoms with E-state index in [0.717, 1.165) is 16.7 Å². The summed E-state index contributed by atoms with van der Waals surface area (Å²) in [5.74, 6) is 2.74. The van der Waals surface area contributed by atoms with Gasteiger partial charge >= 0.3 is 0 Å². The molecule has 1 fully saturated rings. The molecule has 0 N–H and O–H groups in total. The molecule has 0 saturated carbocycles. The van der Waals surface area contributed by atoms with Gasteiger partial charge in [0, 0.05) is 16.6 Å². The lowest BCUT2D eigenvalue weighted by atomic mass is 10.1. The van der Waals surface area contributed by atoms with Gasteiger partial charge in [0.2, 0.25) is 0 Å². The number of amides is 2. The van der Waals surface area contributed by atoms with Crippen molar-refractivity contribution in [3.05, 3.63) is 67.0 Å². The molecule has 10 heteroatoms. The second-order valence-electron chi connectivity index (χ2n) is 6.21. The van der Waals surface area contributed by atoms with Crippen molar-refractivity contribution in [2.75, 3.05) is 13.7 Å². The van der Waals surface area contributed by atoms with Crippen LogP contribution in [0, 0.1) is 22.5 Å². The summed E-state index contributed by atoms with van der Waals surface area (Å²) in [5.41, 5.74) is 0.976. The first-order chi connectivity index (χ1) is 14.8. The lowest BCUT2D eigenvalue weighted by Gasteiger charge is -2.12. The van der Waals surface area contributed by atoms with E-state index < -0.39 is 16.1 Å². The number of terminal acetylenes is 1. The Labute approximate surface area is 190 Å². The highest BCUT2D eigenvalue weighted by Gasteiger charge is 2.35. The maximum Gasteiger partial charge on any atom is 0.293 e. The minimum absolute atomic E-state index is 0.0625. The number of hydrogen-bond acceptors (Lipinski definition) is 7. The highest BCUT2D eigenvalue weighted by Crippen LogP contribution is 2.38. The Morgan fingerprint density at radius 2 is 2.06 bits per heavy atom. The quantitative estimate of drug-likeness (QED) is 0.235. The van der Waals surface area contributed by atoms with Crippen LogP contribution in [0.2, 0.25) is 0 Å². The maximum atomic E-state index is 12.8. The molecule has 0 atom stereocenters. The summed E-state index contributed by atoms with van der Waals surface area (Å²) in [6, 6.07) is 9.13. The molecule has 0 bridgehead atoms. The predicted molar refractivity (Wildman–Crippen MR) is 120 cm³/mol. The van der Waals surface area contributed by atoms with E-state index in [1.54, 1.807) is 24.3 Å². The molecule has 3 rings (SSSR count). The lowest BCUT2D eigenvalue weighted by molar-refractivity contribution is -0.384. The number of nitro groups is 1. The first-order valence-electron chi connectivity index (χ1n) is 8.76. The number of halogens is 1. The fraction of sp³-hybridized carbons (Fsp3) is 0.143. The van der Waals surface area contributed by atoms with Crippen LogP contribution in [-0.4, -0.2) is 34.7 Å². The van der Waals surface area contributed by atoms with Crippen LogP contribution in [-0.2, 0) is 11.3 Å². The van der Waals surface area contributed by atoms with Gasteiger partial charge in [0.1, 0.15) is 6.61 Å². The van der Waals surface area contributed by atoms with Gasteiger partial charge in [-0.2, -0.15) is 0 Å². The monoisotopic (exact) mass is 502 g/mol. The summed E-state index contributed by atoms with van der Waals surface area (Å²) < 4.78 is 11.4. The molecule has 1 aliphatic rings. The fourth-order valence-electron chi connectivity index (χ4n) is 2.78. The van der Waals surface area contributed by atoms with Gasteiger partial charge in [0.25, 0.3) is 16.8 Å². The summed E-state index contributed by atoms with van der Waals surface area (Å²) in [6.07, 6.45) is 6.78. The molecule has 0 aromatic heterocycles. The molecule has 158 valence electrons. The molecule has 1 saturated heterocycles. The van der Waals surface area contributed by atoms with Crippen LogP contribution in [0.25, 0.3) is 6.08 Å². The number of ether oxygens (including phenoxy) is 2. The first kappa shape index (κ1) is 22.4. The lowest BCUT2D eigenvalue weighted by Crippen LogP contribution is -2.27. The van der Waals surface area contributed by atoms with Gasteiger partial charge in [-0.3, -0.25) is 24.6 Å². The van der Waals surface area contributed by atoms with E-state index in [0.29, 0.717) is 27.1 Å². The molecule has 0 spiro atoms. The summed E-state index contributed by atoms with van der Waals surface area (Å²) in [7, 11) is 1.47. The van der Waals surface area contributed by atoms with Gasteiger partial charge in [-0.1, -0.05) is 34.0 Å². The van der Waals surface area contributed by atoms with Crippen molar-refractivity contribution in [2.24, 2.45) is 0 Å². The van der Waals surface area contributed by atoms with Crippen molar-refractivity contribution in [2.45, 2.75) is 6.54 Å². The molecule has 0 unspecified atom stereocenters. The Kier molecular flexibility index (Phi) is 6.99. The van der Waals surface area contributed by atoms with Crippen LogP contribution in [0.15, 0.2) is 45.8 Å². The van der Waals surface area contributed by atoms with E-state index in [-0.39, 0.29) is 23.7 Å². The first-order valence-corrected chi connectivity index (χ1v) is 10.4. The average molecular weight is 503 g/mol. The number of imide groups is 1. The van der Waals surface area contributed by atoms with E-state index in [1.807, 2.05) is 0 Å². The molecule has 8 nitrogen and oxygen atoms in total. The highest BCUT2D eigenvalue weighted by molar-refractivity contribution is 9.10. The van der Waals surface area contributed by atoms with Crippen LogP contribution in [0.1, 0.15) is 11.1 Å². The largest absolute Gasteiger partial charge is 0.493 e. The van der Waals surface area contributed by atoms with Crippen LogP contribution in [0.4, 0.5) is 10.5 Å². The van der Waals surface area contributed by atoms with Gasteiger partial charge in [0.15, 0.2) is 11.5 Å². The number of carbonyl (C=O) groups is 2. The van der Waals surface area contributed by atoms with Gasteiger partial charge in [0.05, 0.1) is 23.5 Å². The Morgan fingerprint density at radius 1 is 1.29 bits per heavy atom. The molecular formula is C21H15BrN2O6S. The Morgan fingerprint density at radius 3 is 2.74 bits per heavy atom. The van der Waals surface area contributed by atoms with Crippen molar-refractivity contribution in [3.8, 4) is 23.8 Å². The zero-order valence-electron chi connectivity index (χ0n) is 16.2. The molecule has 31 heavy (non-hydrogen) atoms. The highest BCUT2D eigenvalue weighted by atomic mass is 79.9. The molecular weight excluding hydrogens is 488 g/mol. The molecule has 2 aromatic carbocycles. The molecule has 2 aromatic rings. The van der Waals surface area contributed by atoms with Gasteiger partial charge < -0.3 is 9.47 Å². The minimum atomic E-state index is -0.529. The van der Waals surface area contributed by atoms with Crippen LogP contribution >= 0.6 is 27.7 Å². The van der Waals surface area contributed by atoms with Gasteiger partial charge in [-0.25, -0.2) is 0 Å². The van der Waals surface area contributed by atoms with Gasteiger partial charge in [-0.15, -0.1) is 6.42 Å². The summed E-state index contributed by atoms with van der Waals surface area (Å²) in [5, 5.41) is 10.5. The van der Waals surface area contributed by atoms with E-state index in [1.165, 1.54) is 25.3 Å². The third-order valence-electron chi connectivity index (χ3n) is 4.22. The SMILES string of the molecule is C#CCOc1cc(Br)c(/C=C2/SC(=O)N(Cc3cccc([N+](=O)[O-])c3)C2=O)cc1OC. The number of rotatable bonds is 7. The van der Waals surface area contributed by atoms with Crippen LogP contribution in [0.5, 0.6) is 11.5 Å². The van der Waals surface area contributed by atoms with Crippen LogP contribution in [0.3, 0.4) is 0 Å². The number of carbonyl (C=O) groups excluding carboxylic acids is 2. The van der Waals surface area contributed by atoms with Crippen molar-refractivity contribution >= 4 is 50.6 Å². The predicted octanol–water partition coefficient (Wildman–Crippen LogP) is 4.61. The number of non-ortho nitro benzene ring substituents is 1. The zero-order chi connectivity index (χ0) is 22.5. The van der Waals surface area contributed by atoms with Crippen molar-refractivity contribution in [1.82, 2.24) is 4.90 Å². The average Bonchev–Trinajstić information content (AvgIpc) is 3.01. The summed E-state index contributed by atoms with van der Waals surface area (Å²) in [6.45, 7) is 0.00568. The van der Waals surface area contributed by atoms with Crippen LogP contribution < -0.4 is 9.47 Å². The Hall–Kier alpha value is -3.29. The van der Waals surface area contributed by atoms with E-state index >= 15 is 0 Å². The third-order valence-corrected chi connectivity index (χ3v) is 5.81.